The number of carbonyl (C=O) groups is 1. The van der Waals surface area contributed by atoms with E-state index in [1.165, 1.54) is 30.0 Å². The molecule has 0 spiro atoms. The number of carbonyl (C=O) groups excluding carboxylic acids is 1. The zero-order chi connectivity index (χ0) is 22.2. The van der Waals surface area contributed by atoms with Crippen LogP contribution in [0.1, 0.15) is 11.4 Å². The number of nitrogens with zero attached hydrogens (tertiary/aromatic N) is 3. The van der Waals surface area contributed by atoms with E-state index in [-0.39, 0.29) is 23.3 Å². The van der Waals surface area contributed by atoms with E-state index in [9.17, 15) is 9.18 Å². The molecule has 0 aliphatic rings. The van der Waals surface area contributed by atoms with E-state index < -0.39 is 5.82 Å². The van der Waals surface area contributed by atoms with Crippen LogP contribution in [0.25, 0.3) is 0 Å². The molecule has 1 N–H and O–H groups in total. The highest BCUT2D eigenvalue weighted by atomic mass is 35.5. The van der Waals surface area contributed by atoms with Crippen molar-refractivity contribution in [1.82, 2.24) is 20.1 Å². The minimum atomic E-state index is -0.444. The van der Waals surface area contributed by atoms with Crippen molar-refractivity contribution in [2.45, 2.75) is 24.9 Å². The van der Waals surface area contributed by atoms with Gasteiger partial charge in [0, 0.05) is 18.1 Å². The van der Waals surface area contributed by atoms with Crippen LogP contribution in [0.15, 0.2) is 60.3 Å². The fourth-order valence-corrected chi connectivity index (χ4v) is 3.71. The van der Waals surface area contributed by atoms with Crippen molar-refractivity contribution >= 4 is 40.9 Å². The van der Waals surface area contributed by atoms with Crippen molar-refractivity contribution in [3.8, 4) is 5.75 Å². The van der Waals surface area contributed by atoms with Crippen molar-refractivity contribution in [2.75, 3.05) is 5.75 Å². The lowest BCUT2D eigenvalue weighted by Gasteiger charge is -2.10. The Balaban J connectivity index is 1.57. The lowest BCUT2D eigenvalue weighted by atomic mass is 10.2. The third kappa shape index (κ3) is 6.72. The zero-order valence-corrected chi connectivity index (χ0v) is 18.7. The molecule has 0 aliphatic heterocycles. The molecule has 3 aromatic rings. The molecule has 0 radical (unpaired) electrons. The standard InChI is InChI=1S/C21H19Cl2FN4O2S/c1-2-9-28-19(12-30-18-8-7-16(24)10-17(18)23)26-27-21(28)31-13-20(29)25-11-14-3-5-15(22)6-4-14/h2-8,10H,1,9,11-13H2,(H,25,29). The van der Waals surface area contributed by atoms with Crippen LogP contribution in [-0.4, -0.2) is 26.4 Å². The molecule has 0 saturated heterocycles. The Hall–Kier alpha value is -2.55. The summed E-state index contributed by atoms with van der Waals surface area (Å²) < 4.78 is 20.6. The monoisotopic (exact) mass is 480 g/mol. The molecule has 0 unspecified atom stereocenters. The van der Waals surface area contributed by atoms with E-state index in [4.69, 9.17) is 27.9 Å². The van der Waals surface area contributed by atoms with Gasteiger partial charge in [-0.2, -0.15) is 0 Å². The van der Waals surface area contributed by atoms with Crippen LogP contribution in [0.3, 0.4) is 0 Å². The van der Waals surface area contributed by atoms with Crippen LogP contribution in [0, 0.1) is 5.82 Å². The van der Waals surface area contributed by atoms with Crippen molar-refractivity contribution in [2.24, 2.45) is 0 Å². The first-order valence-corrected chi connectivity index (χ1v) is 10.9. The molecule has 2 aromatic carbocycles. The van der Waals surface area contributed by atoms with Gasteiger partial charge in [-0.25, -0.2) is 4.39 Å². The normalized spacial score (nSPS) is 10.7. The lowest BCUT2D eigenvalue weighted by Crippen LogP contribution is -2.24. The van der Waals surface area contributed by atoms with E-state index in [1.807, 2.05) is 12.1 Å². The van der Waals surface area contributed by atoms with E-state index >= 15 is 0 Å². The van der Waals surface area contributed by atoms with Crippen molar-refractivity contribution < 1.29 is 13.9 Å². The van der Waals surface area contributed by atoms with E-state index in [0.29, 0.717) is 34.8 Å². The van der Waals surface area contributed by atoms with E-state index in [2.05, 4.69) is 22.1 Å². The molecule has 0 atom stereocenters. The number of ether oxygens (including phenoxy) is 1. The molecule has 0 saturated carbocycles. The number of aromatic nitrogens is 3. The number of hydrogen-bond acceptors (Lipinski definition) is 5. The largest absolute Gasteiger partial charge is 0.484 e. The summed E-state index contributed by atoms with van der Waals surface area (Å²) in [6.07, 6.45) is 1.70. The van der Waals surface area contributed by atoms with Crippen molar-refractivity contribution in [3.63, 3.8) is 0 Å². The molecule has 0 fully saturated rings. The van der Waals surface area contributed by atoms with Gasteiger partial charge < -0.3 is 10.1 Å². The molecule has 1 heterocycles. The lowest BCUT2D eigenvalue weighted by molar-refractivity contribution is -0.118. The SMILES string of the molecule is C=CCn1c(COc2ccc(F)cc2Cl)nnc1SCC(=O)NCc1ccc(Cl)cc1. The van der Waals surface area contributed by atoms with Gasteiger partial charge in [0.15, 0.2) is 11.0 Å². The maximum atomic E-state index is 13.2. The van der Waals surface area contributed by atoms with Crippen LogP contribution >= 0.6 is 35.0 Å². The van der Waals surface area contributed by atoms with Crippen LogP contribution in [0.2, 0.25) is 10.0 Å². The van der Waals surface area contributed by atoms with Crippen LogP contribution in [0.4, 0.5) is 4.39 Å². The first-order valence-electron chi connectivity index (χ1n) is 9.21. The van der Waals surface area contributed by atoms with Crippen molar-refractivity contribution in [1.29, 1.82) is 0 Å². The van der Waals surface area contributed by atoms with E-state index in [1.54, 1.807) is 22.8 Å². The fraction of sp³-hybridized carbons (Fsp3) is 0.190. The molecular weight excluding hydrogens is 462 g/mol. The van der Waals surface area contributed by atoms with Crippen LogP contribution < -0.4 is 10.1 Å². The number of halogens is 3. The summed E-state index contributed by atoms with van der Waals surface area (Å²) in [7, 11) is 0. The predicted molar refractivity (Wildman–Crippen MR) is 120 cm³/mol. The molecule has 0 aliphatic carbocycles. The second-order valence-corrected chi connectivity index (χ2v) is 8.14. The Morgan fingerprint density at radius 2 is 2.00 bits per heavy atom. The van der Waals surface area contributed by atoms with Gasteiger partial charge in [-0.3, -0.25) is 9.36 Å². The van der Waals surface area contributed by atoms with Gasteiger partial charge in [0.25, 0.3) is 0 Å². The molecule has 6 nitrogen and oxygen atoms in total. The molecule has 10 heteroatoms. The highest BCUT2D eigenvalue weighted by Crippen LogP contribution is 2.26. The fourth-order valence-electron chi connectivity index (χ4n) is 2.56. The number of benzene rings is 2. The second kappa shape index (κ2) is 11.2. The minimum Gasteiger partial charge on any atom is -0.484 e. The highest BCUT2D eigenvalue weighted by Gasteiger charge is 2.15. The summed E-state index contributed by atoms with van der Waals surface area (Å²) in [5.41, 5.74) is 0.955. The molecule has 0 bridgehead atoms. The van der Waals surface area contributed by atoms with Gasteiger partial charge >= 0.3 is 0 Å². The highest BCUT2D eigenvalue weighted by molar-refractivity contribution is 7.99. The Labute approximate surface area is 193 Å². The second-order valence-electron chi connectivity index (χ2n) is 6.35. The number of rotatable bonds is 10. The van der Waals surface area contributed by atoms with Gasteiger partial charge in [-0.1, -0.05) is 53.2 Å². The molecule has 162 valence electrons. The van der Waals surface area contributed by atoms with Crippen LogP contribution in [0.5, 0.6) is 5.75 Å². The number of allylic oxidation sites excluding steroid dienone is 1. The number of hydrogen-bond donors (Lipinski definition) is 1. The average molecular weight is 481 g/mol. The average Bonchev–Trinajstić information content (AvgIpc) is 3.13. The number of thioether (sulfide) groups is 1. The number of nitrogens with one attached hydrogen (secondary N) is 1. The Morgan fingerprint density at radius 1 is 1.23 bits per heavy atom. The summed E-state index contributed by atoms with van der Waals surface area (Å²) in [6, 6.07) is 11.2. The van der Waals surface area contributed by atoms with Gasteiger partial charge in [0.2, 0.25) is 5.91 Å². The maximum Gasteiger partial charge on any atom is 0.230 e. The first-order chi connectivity index (χ1) is 15.0. The predicted octanol–water partition coefficient (Wildman–Crippen LogP) is 4.90. The smallest absolute Gasteiger partial charge is 0.230 e. The van der Waals surface area contributed by atoms with Gasteiger partial charge in [0.05, 0.1) is 10.8 Å². The third-order valence-corrected chi connectivity index (χ3v) is 5.61. The first kappa shape index (κ1) is 23.1. The molecule has 31 heavy (non-hydrogen) atoms. The quantitative estimate of drug-likeness (QED) is 0.330. The van der Waals surface area contributed by atoms with Gasteiger partial charge in [-0.15, -0.1) is 16.8 Å². The van der Waals surface area contributed by atoms with Crippen molar-refractivity contribution in [3.05, 3.63) is 82.4 Å². The molecular formula is C21H19Cl2FN4O2S. The summed E-state index contributed by atoms with van der Waals surface area (Å²) in [4.78, 5) is 12.2. The molecule has 1 amide bonds. The summed E-state index contributed by atoms with van der Waals surface area (Å²) in [6.45, 7) is 4.68. The Bertz CT molecular complexity index is 1060. The zero-order valence-electron chi connectivity index (χ0n) is 16.4. The van der Waals surface area contributed by atoms with Crippen LogP contribution in [-0.2, 0) is 24.5 Å². The molecule has 1 aromatic heterocycles. The molecule has 3 rings (SSSR count). The maximum absolute atomic E-state index is 13.2. The Morgan fingerprint density at radius 3 is 2.71 bits per heavy atom. The third-order valence-electron chi connectivity index (χ3n) is 4.09. The Kier molecular flexibility index (Phi) is 8.34. The summed E-state index contributed by atoms with van der Waals surface area (Å²) in [5, 5.41) is 12.5. The number of amides is 1. The van der Waals surface area contributed by atoms with Gasteiger partial charge in [-0.05, 0) is 35.9 Å². The van der Waals surface area contributed by atoms with Gasteiger partial charge in [0.1, 0.15) is 18.2 Å². The van der Waals surface area contributed by atoms with E-state index in [0.717, 1.165) is 5.56 Å². The summed E-state index contributed by atoms with van der Waals surface area (Å²) >= 11 is 13.1. The minimum absolute atomic E-state index is 0.0789. The topological polar surface area (TPSA) is 69.0 Å². The summed E-state index contributed by atoms with van der Waals surface area (Å²) in [5.74, 6) is 0.466.